The van der Waals surface area contributed by atoms with Gasteiger partial charge in [0.05, 0.1) is 10.2 Å². The molecule has 0 heterocycles. The van der Waals surface area contributed by atoms with E-state index in [4.69, 9.17) is 5.11 Å². The highest BCUT2D eigenvalue weighted by Crippen LogP contribution is 2.23. The van der Waals surface area contributed by atoms with E-state index in [-0.39, 0.29) is 16.6 Å². The number of carboxylic acid groups (broad SMARTS) is 1. The Balaban J connectivity index is 2.31. The van der Waals surface area contributed by atoms with Crippen molar-refractivity contribution in [2.75, 3.05) is 11.9 Å². The summed E-state index contributed by atoms with van der Waals surface area (Å²) in [6.07, 6.45) is 1.93. The van der Waals surface area contributed by atoms with Gasteiger partial charge >= 0.3 is 12.0 Å². The lowest BCUT2D eigenvalue weighted by Gasteiger charge is -2.09. The second kappa shape index (κ2) is 8.56. The Labute approximate surface area is 128 Å². The smallest absolute Gasteiger partial charge is 0.319 e. The Morgan fingerprint density at radius 1 is 1.14 bits per heavy atom. The number of hydrogen-bond donors (Lipinski definition) is 3. The molecule has 1 rings (SSSR count). The molecule has 0 bridgehead atoms. The molecule has 0 spiro atoms. The quantitative estimate of drug-likeness (QED) is 0.511. The normalized spacial score (nSPS) is 10.2. The highest BCUT2D eigenvalue weighted by atomic mass is 79.9. The van der Waals surface area contributed by atoms with Crippen LogP contribution in [0.1, 0.15) is 25.7 Å². The molecule has 116 valence electrons. The number of anilines is 1. The summed E-state index contributed by atoms with van der Waals surface area (Å²) in [5.41, 5.74) is -0.133. The van der Waals surface area contributed by atoms with Gasteiger partial charge in [0.2, 0.25) is 0 Å². The molecule has 3 N–H and O–H groups in total. The average Bonchev–Trinajstić information content (AvgIpc) is 2.39. The molecule has 0 atom stereocenters. The second-order valence-electron chi connectivity index (χ2n) is 4.33. The summed E-state index contributed by atoms with van der Waals surface area (Å²) in [7, 11) is 0. The van der Waals surface area contributed by atoms with Crippen molar-refractivity contribution >= 4 is 33.6 Å². The molecule has 0 radical (unpaired) electrons. The molecule has 0 unspecified atom stereocenters. The van der Waals surface area contributed by atoms with Gasteiger partial charge < -0.3 is 15.7 Å². The highest BCUT2D eigenvalue weighted by molar-refractivity contribution is 9.10. The minimum absolute atomic E-state index is 0.0490. The molecule has 2 amide bonds. The third-order valence-corrected chi connectivity index (χ3v) is 3.22. The topological polar surface area (TPSA) is 78.4 Å². The van der Waals surface area contributed by atoms with Crippen LogP contribution in [0.15, 0.2) is 16.6 Å². The van der Waals surface area contributed by atoms with E-state index in [1.165, 1.54) is 0 Å². The van der Waals surface area contributed by atoms with E-state index in [0.717, 1.165) is 6.07 Å². The van der Waals surface area contributed by atoms with Crippen molar-refractivity contribution in [3.05, 3.63) is 28.2 Å². The van der Waals surface area contributed by atoms with Gasteiger partial charge in [0.1, 0.15) is 11.6 Å². The Bertz CT molecular complexity index is 526. The number of unbranched alkanes of at least 4 members (excludes halogenated alkanes) is 2. The molecule has 1 aromatic rings. The predicted octanol–water partition coefficient (Wildman–Crippen LogP) is 3.49. The van der Waals surface area contributed by atoms with E-state index < -0.39 is 23.6 Å². The fourth-order valence-electron chi connectivity index (χ4n) is 1.56. The van der Waals surface area contributed by atoms with Crippen molar-refractivity contribution in [1.29, 1.82) is 0 Å². The van der Waals surface area contributed by atoms with Crippen LogP contribution in [0.25, 0.3) is 0 Å². The lowest BCUT2D eigenvalue weighted by atomic mass is 10.2. The molecule has 8 heteroatoms. The van der Waals surface area contributed by atoms with Crippen LogP contribution in [0.3, 0.4) is 0 Å². The summed E-state index contributed by atoms with van der Waals surface area (Å²) < 4.78 is 26.5. The zero-order chi connectivity index (χ0) is 15.8. The number of hydrogen-bond acceptors (Lipinski definition) is 2. The maximum Gasteiger partial charge on any atom is 0.319 e. The summed E-state index contributed by atoms with van der Waals surface area (Å²) in [6, 6.07) is 1.20. The van der Waals surface area contributed by atoms with Crippen LogP contribution in [0.5, 0.6) is 0 Å². The van der Waals surface area contributed by atoms with Crippen LogP contribution >= 0.6 is 15.9 Å². The molecule has 21 heavy (non-hydrogen) atoms. The van der Waals surface area contributed by atoms with E-state index >= 15 is 0 Å². The van der Waals surface area contributed by atoms with Crippen molar-refractivity contribution in [2.24, 2.45) is 0 Å². The largest absolute Gasteiger partial charge is 0.481 e. The Hall–Kier alpha value is -1.70. The van der Waals surface area contributed by atoms with Crippen molar-refractivity contribution < 1.29 is 23.5 Å². The number of benzene rings is 1. The van der Waals surface area contributed by atoms with E-state index in [2.05, 4.69) is 26.6 Å². The third-order valence-electron chi connectivity index (χ3n) is 2.61. The lowest BCUT2D eigenvalue weighted by molar-refractivity contribution is -0.137. The van der Waals surface area contributed by atoms with Crippen LogP contribution < -0.4 is 10.6 Å². The molecule has 0 aliphatic heterocycles. The maximum absolute atomic E-state index is 13.4. The van der Waals surface area contributed by atoms with Crippen molar-refractivity contribution in [1.82, 2.24) is 5.32 Å². The number of carboxylic acids is 1. The third kappa shape index (κ3) is 6.52. The van der Waals surface area contributed by atoms with E-state index in [9.17, 15) is 18.4 Å². The first-order valence-corrected chi connectivity index (χ1v) is 7.10. The van der Waals surface area contributed by atoms with Crippen molar-refractivity contribution in [3.63, 3.8) is 0 Å². The number of nitrogens with one attached hydrogen (secondary N) is 2. The van der Waals surface area contributed by atoms with Gasteiger partial charge in [0, 0.05) is 19.0 Å². The number of carbonyl (C=O) groups is 2. The van der Waals surface area contributed by atoms with Gasteiger partial charge in [0.25, 0.3) is 0 Å². The second-order valence-corrected chi connectivity index (χ2v) is 5.19. The molecule has 0 aromatic heterocycles. The maximum atomic E-state index is 13.4. The molecule has 0 aliphatic carbocycles. The predicted molar refractivity (Wildman–Crippen MR) is 77.2 cm³/mol. The summed E-state index contributed by atoms with van der Waals surface area (Å²) >= 11 is 2.90. The van der Waals surface area contributed by atoms with Gasteiger partial charge in [-0.2, -0.15) is 0 Å². The van der Waals surface area contributed by atoms with Gasteiger partial charge in [0.15, 0.2) is 0 Å². The van der Waals surface area contributed by atoms with Crippen LogP contribution in [0.2, 0.25) is 0 Å². The summed E-state index contributed by atoms with van der Waals surface area (Å²) in [6.45, 7) is 0.343. The van der Waals surface area contributed by atoms with Gasteiger partial charge in [-0.05, 0) is 34.8 Å². The van der Waals surface area contributed by atoms with Gasteiger partial charge in [-0.1, -0.05) is 6.42 Å². The molecule has 1 aromatic carbocycles. The molecular weight excluding hydrogens is 350 g/mol. The minimum atomic E-state index is -0.868. The van der Waals surface area contributed by atoms with Gasteiger partial charge in [-0.25, -0.2) is 13.6 Å². The fraction of sp³-hybridized carbons (Fsp3) is 0.385. The number of urea groups is 1. The number of carbonyl (C=O) groups excluding carboxylic acids is 1. The number of aliphatic carboxylic acids is 1. The van der Waals surface area contributed by atoms with E-state index in [1.807, 2.05) is 0 Å². The van der Waals surface area contributed by atoms with Gasteiger partial charge in [-0.3, -0.25) is 4.79 Å². The molecule has 5 nitrogen and oxygen atoms in total. The van der Waals surface area contributed by atoms with Crippen molar-refractivity contribution in [2.45, 2.75) is 25.7 Å². The minimum Gasteiger partial charge on any atom is -0.481 e. The SMILES string of the molecule is O=C(O)CCCCCNC(=O)Nc1cc(Br)c(F)cc1F. The monoisotopic (exact) mass is 364 g/mol. The van der Waals surface area contributed by atoms with Crippen molar-refractivity contribution in [3.8, 4) is 0 Å². The van der Waals surface area contributed by atoms with Crippen LogP contribution in [-0.2, 0) is 4.79 Å². The Kier molecular flexibility index (Phi) is 7.07. The number of halogens is 3. The Morgan fingerprint density at radius 2 is 1.86 bits per heavy atom. The first kappa shape index (κ1) is 17.4. The summed E-state index contributed by atoms with van der Waals surface area (Å²) in [4.78, 5) is 21.8. The number of rotatable bonds is 7. The van der Waals surface area contributed by atoms with E-state index in [1.54, 1.807) is 0 Å². The zero-order valence-electron chi connectivity index (χ0n) is 11.1. The molecule has 0 saturated heterocycles. The first-order valence-electron chi connectivity index (χ1n) is 6.31. The van der Waals surface area contributed by atoms with Crippen LogP contribution in [0, 0.1) is 11.6 Å². The number of amides is 2. The standard InChI is InChI=1S/C13H15BrF2N2O3/c14-8-6-11(10(16)7-9(8)15)18-13(21)17-5-3-1-2-4-12(19)20/h6-7H,1-5H2,(H,19,20)(H2,17,18,21). The van der Waals surface area contributed by atoms with E-state index in [0.29, 0.717) is 31.9 Å². The van der Waals surface area contributed by atoms with Gasteiger partial charge in [-0.15, -0.1) is 0 Å². The fourth-order valence-corrected chi connectivity index (χ4v) is 1.91. The Morgan fingerprint density at radius 3 is 2.52 bits per heavy atom. The zero-order valence-corrected chi connectivity index (χ0v) is 12.7. The molecule has 0 fully saturated rings. The lowest BCUT2D eigenvalue weighted by Crippen LogP contribution is -2.29. The molecule has 0 aliphatic rings. The highest BCUT2D eigenvalue weighted by Gasteiger charge is 2.10. The molecule has 0 saturated carbocycles. The average molecular weight is 365 g/mol. The van der Waals surface area contributed by atoms with Crippen LogP contribution in [0.4, 0.5) is 19.3 Å². The summed E-state index contributed by atoms with van der Waals surface area (Å²) in [5.74, 6) is -2.47. The summed E-state index contributed by atoms with van der Waals surface area (Å²) in [5, 5.41) is 13.2. The van der Waals surface area contributed by atoms with Crippen LogP contribution in [-0.4, -0.2) is 23.7 Å². The molecular formula is C13H15BrF2N2O3. The first-order chi connectivity index (χ1) is 9.90.